The molecule has 118 valence electrons. The van der Waals surface area contributed by atoms with Gasteiger partial charge in [0.15, 0.2) is 0 Å². The van der Waals surface area contributed by atoms with Gasteiger partial charge in [-0.05, 0) is 50.0 Å². The Bertz CT molecular complexity index is 398. The highest BCUT2D eigenvalue weighted by Gasteiger charge is 2.22. The third-order valence-electron chi connectivity index (χ3n) is 4.68. The van der Waals surface area contributed by atoms with E-state index in [9.17, 15) is 4.39 Å². The second kappa shape index (κ2) is 8.50. The summed E-state index contributed by atoms with van der Waals surface area (Å²) in [7, 11) is 0. The van der Waals surface area contributed by atoms with Crippen LogP contribution in [0.2, 0.25) is 0 Å². The topological polar surface area (TPSA) is 15.3 Å². The molecular formula is C18H29FN2. The van der Waals surface area contributed by atoms with Crippen molar-refractivity contribution in [3.05, 3.63) is 35.6 Å². The molecule has 0 amide bonds. The summed E-state index contributed by atoms with van der Waals surface area (Å²) in [6.07, 6.45) is 6.57. The standard InChI is InChI=1S/C18H29FN2/c1-3-20-18(15-9-11-16(19)12-10-15)13-14-21(4-2)17-7-5-6-8-17/h9-12,17-18,20H,3-8,13-14H2,1-2H3. The molecule has 0 heterocycles. The van der Waals surface area contributed by atoms with E-state index >= 15 is 0 Å². The lowest BCUT2D eigenvalue weighted by Gasteiger charge is -2.29. The maximum atomic E-state index is 13.1. The summed E-state index contributed by atoms with van der Waals surface area (Å²) < 4.78 is 13.1. The molecule has 1 fully saturated rings. The zero-order chi connectivity index (χ0) is 15.1. The molecule has 2 rings (SSSR count). The van der Waals surface area contributed by atoms with Crippen LogP contribution in [0.15, 0.2) is 24.3 Å². The van der Waals surface area contributed by atoms with E-state index in [1.54, 1.807) is 12.1 Å². The molecule has 0 radical (unpaired) electrons. The molecule has 1 aromatic carbocycles. The largest absolute Gasteiger partial charge is 0.310 e. The third-order valence-corrected chi connectivity index (χ3v) is 4.68. The van der Waals surface area contributed by atoms with Gasteiger partial charge in [-0.25, -0.2) is 4.39 Å². The maximum Gasteiger partial charge on any atom is 0.123 e. The maximum absolute atomic E-state index is 13.1. The van der Waals surface area contributed by atoms with Crippen LogP contribution < -0.4 is 5.32 Å². The number of nitrogens with one attached hydrogen (secondary N) is 1. The number of nitrogens with zero attached hydrogens (tertiary/aromatic N) is 1. The molecule has 1 aromatic rings. The van der Waals surface area contributed by atoms with Gasteiger partial charge in [-0.2, -0.15) is 0 Å². The van der Waals surface area contributed by atoms with Crippen molar-refractivity contribution in [3.63, 3.8) is 0 Å². The summed E-state index contributed by atoms with van der Waals surface area (Å²) in [6.45, 7) is 7.59. The molecule has 0 spiro atoms. The minimum Gasteiger partial charge on any atom is -0.310 e. The summed E-state index contributed by atoms with van der Waals surface area (Å²) in [5, 5.41) is 3.54. The lowest BCUT2D eigenvalue weighted by Crippen LogP contribution is -2.36. The SMILES string of the molecule is CCNC(CCN(CC)C1CCCC1)c1ccc(F)cc1. The van der Waals surface area contributed by atoms with Crippen LogP contribution in [-0.4, -0.2) is 30.6 Å². The first-order valence-electron chi connectivity index (χ1n) is 8.47. The lowest BCUT2D eigenvalue weighted by atomic mass is 10.0. The molecule has 1 saturated carbocycles. The molecule has 1 N–H and O–H groups in total. The van der Waals surface area contributed by atoms with Crippen LogP contribution in [0.25, 0.3) is 0 Å². The number of halogens is 1. The van der Waals surface area contributed by atoms with E-state index in [-0.39, 0.29) is 5.82 Å². The van der Waals surface area contributed by atoms with Gasteiger partial charge in [0, 0.05) is 18.6 Å². The Labute approximate surface area is 128 Å². The van der Waals surface area contributed by atoms with Gasteiger partial charge in [0.1, 0.15) is 5.82 Å². The average Bonchev–Trinajstić information content (AvgIpc) is 3.02. The zero-order valence-electron chi connectivity index (χ0n) is 13.4. The fourth-order valence-corrected chi connectivity index (χ4v) is 3.49. The van der Waals surface area contributed by atoms with Crippen LogP contribution in [0, 0.1) is 5.82 Å². The molecule has 1 unspecified atom stereocenters. The second-order valence-corrected chi connectivity index (χ2v) is 6.02. The van der Waals surface area contributed by atoms with Crippen molar-refractivity contribution in [2.45, 2.75) is 58.0 Å². The van der Waals surface area contributed by atoms with E-state index < -0.39 is 0 Å². The molecule has 3 heteroatoms. The van der Waals surface area contributed by atoms with Crippen LogP contribution in [-0.2, 0) is 0 Å². The zero-order valence-corrected chi connectivity index (χ0v) is 13.4. The van der Waals surface area contributed by atoms with Crippen LogP contribution >= 0.6 is 0 Å². The molecule has 0 aromatic heterocycles. The van der Waals surface area contributed by atoms with E-state index in [1.807, 2.05) is 12.1 Å². The predicted octanol–water partition coefficient (Wildman–Crippen LogP) is 4.13. The summed E-state index contributed by atoms with van der Waals surface area (Å²) in [4.78, 5) is 2.63. The predicted molar refractivity (Wildman–Crippen MR) is 86.9 cm³/mol. The van der Waals surface area contributed by atoms with Gasteiger partial charge in [-0.3, -0.25) is 0 Å². The van der Waals surface area contributed by atoms with Crippen molar-refractivity contribution in [2.75, 3.05) is 19.6 Å². The van der Waals surface area contributed by atoms with Crippen molar-refractivity contribution >= 4 is 0 Å². The highest BCUT2D eigenvalue weighted by atomic mass is 19.1. The minimum atomic E-state index is -0.157. The van der Waals surface area contributed by atoms with Crippen LogP contribution in [0.5, 0.6) is 0 Å². The minimum absolute atomic E-state index is 0.157. The summed E-state index contributed by atoms with van der Waals surface area (Å²) in [5.74, 6) is -0.157. The first-order chi connectivity index (χ1) is 10.2. The van der Waals surface area contributed by atoms with Gasteiger partial charge in [0.25, 0.3) is 0 Å². The number of hydrogen-bond acceptors (Lipinski definition) is 2. The molecule has 0 aliphatic heterocycles. The molecule has 0 bridgehead atoms. The summed E-state index contributed by atoms with van der Waals surface area (Å²) in [6, 6.07) is 8.06. The van der Waals surface area contributed by atoms with Crippen LogP contribution in [0.1, 0.15) is 57.6 Å². The lowest BCUT2D eigenvalue weighted by molar-refractivity contribution is 0.198. The van der Waals surface area contributed by atoms with E-state index in [1.165, 1.54) is 31.2 Å². The Morgan fingerprint density at radius 2 is 1.86 bits per heavy atom. The van der Waals surface area contributed by atoms with Crippen molar-refractivity contribution in [2.24, 2.45) is 0 Å². The second-order valence-electron chi connectivity index (χ2n) is 6.02. The molecule has 0 saturated heterocycles. The van der Waals surface area contributed by atoms with Crippen molar-refractivity contribution in [1.82, 2.24) is 10.2 Å². The molecule has 1 aliphatic carbocycles. The molecule has 1 atom stereocenters. The van der Waals surface area contributed by atoms with Gasteiger partial charge in [0.05, 0.1) is 0 Å². The van der Waals surface area contributed by atoms with E-state index in [2.05, 4.69) is 24.1 Å². The Morgan fingerprint density at radius 3 is 2.43 bits per heavy atom. The molecule has 2 nitrogen and oxygen atoms in total. The molecule has 1 aliphatic rings. The fourth-order valence-electron chi connectivity index (χ4n) is 3.49. The van der Waals surface area contributed by atoms with Crippen LogP contribution in [0.4, 0.5) is 4.39 Å². The Hall–Kier alpha value is -0.930. The highest BCUT2D eigenvalue weighted by molar-refractivity contribution is 5.20. The average molecular weight is 292 g/mol. The monoisotopic (exact) mass is 292 g/mol. The van der Waals surface area contributed by atoms with E-state index in [0.29, 0.717) is 6.04 Å². The van der Waals surface area contributed by atoms with E-state index in [0.717, 1.165) is 32.1 Å². The highest BCUT2D eigenvalue weighted by Crippen LogP contribution is 2.25. The number of hydrogen-bond donors (Lipinski definition) is 1. The Kier molecular flexibility index (Phi) is 6.65. The first-order valence-corrected chi connectivity index (χ1v) is 8.47. The van der Waals surface area contributed by atoms with Gasteiger partial charge < -0.3 is 10.2 Å². The van der Waals surface area contributed by atoms with Gasteiger partial charge >= 0.3 is 0 Å². The fraction of sp³-hybridized carbons (Fsp3) is 0.667. The van der Waals surface area contributed by atoms with Crippen molar-refractivity contribution in [3.8, 4) is 0 Å². The van der Waals surface area contributed by atoms with Crippen molar-refractivity contribution in [1.29, 1.82) is 0 Å². The summed E-state index contributed by atoms with van der Waals surface area (Å²) in [5.41, 5.74) is 1.20. The molecular weight excluding hydrogens is 263 g/mol. The van der Waals surface area contributed by atoms with E-state index in [4.69, 9.17) is 0 Å². The smallest absolute Gasteiger partial charge is 0.123 e. The van der Waals surface area contributed by atoms with Gasteiger partial charge in [0.2, 0.25) is 0 Å². The van der Waals surface area contributed by atoms with Gasteiger partial charge in [-0.1, -0.05) is 38.8 Å². The normalized spacial score (nSPS) is 17.5. The third kappa shape index (κ3) is 4.79. The molecule has 21 heavy (non-hydrogen) atoms. The first kappa shape index (κ1) is 16.4. The quantitative estimate of drug-likeness (QED) is 0.775. The summed E-state index contributed by atoms with van der Waals surface area (Å²) >= 11 is 0. The number of rotatable bonds is 8. The Morgan fingerprint density at radius 1 is 1.19 bits per heavy atom. The number of benzene rings is 1. The Balaban J connectivity index is 1.93. The van der Waals surface area contributed by atoms with Crippen LogP contribution in [0.3, 0.4) is 0 Å². The van der Waals surface area contributed by atoms with Crippen molar-refractivity contribution < 1.29 is 4.39 Å². The van der Waals surface area contributed by atoms with Gasteiger partial charge in [-0.15, -0.1) is 0 Å².